The highest BCUT2D eigenvalue weighted by Gasteiger charge is 2.48. The van der Waals surface area contributed by atoms with Gasteiger partial charge in [0.25, 0.3) is 5.69 Å². The van der Waals surface area contributed by atoms with Gasteiger partial charge in [-0.1, -0.05) is 31.2 Å². The fraction of sp³-hybridized carbons (Fsp3) is 0.364. The van der Waals surface area contributed by atoms with Gasteiger partial charge in [0.2, 0.25) is 11.8 Å². The molecule has 8 heteroatoms. The summed E-state index contributed by atoms with van der Waals surface area (Å²) in [7, 11) is 1.55. The lowest BCUT2D eigenvalue weighted by atomic mass is 9.83. The van der Waals surface area contributed by atoms with Crippen molar-refractivity contribution in [3.63, 3.8) is 0 Å². The summed E-state index contributed by atoms with van der Waals surface area (Å²) in [6.07, 6.45) is 0.639. The van der Waals surface area contributed by atoms with Crippen molar-refractivity contribution in [2.75, 3.05) is 7.05 Å². The largest absolute Gasteiger partial charge is 0.340 e. The van der Waals surface area contributed by atoms with Gasteiger partial charge >= 0.3 is 0 Å². The zero-order valence-corrected chi connectivity index (χ0v) is 17.1. The van der Waals surface area contributed by atoms with Crippen LogP contribution in [0.2, 0.25) is 0 Å². The lowest BCUT2D eigenvalue weighted by Crippen LogP contribution is -2.70. The predicted molar refractivity (Wildman–Crippen MR) is 109 cm³/mol. The van der Waals surface area contributed by atoms with Crippen LogP contribution in [-0.4, -0.2) is 40.3 Å². The third-order valence-corrected chi connectivity index (χ3v) is 5.86. The van der Waals surface area contributed by atoms with E-state index in [9.17, 15) is 24.1 Å². The van der Waals surface area contributed by atoms with Gasteiger partial charge in [-0.3, -0.25) is 19.7 Å². The second kappa shape index (κ2) is 8.22. The van der Waals surface area contributed by atoms with Crippen LogP contribution in [0.25, 0.3) is 0 Å². The molecule has 30 heavy (non-hydrogen) atoms. The zero-order valence-electron chi connectivity index (χ0n) is 17.1. The van der Waals surface area contributed by atoms with E-state index in [1.54, 1.807) is 38.2 Å². The first-order chi connectivity index (χ1) is 14.2. The Labute approximate surface area is 174 Å². The van der Waals surface area contributed by atoms with Crippen LogP contribution < -0.4 is 5.32 Å². The average Bonchev–Trinajstić information content (AvgIpc) is 2.71. The molecule has 1 heterocycles. The number of nitro benzene ring substituents is 1. The molecule has 1 saturated heterocycles. The molecular formula is C22H24FN3O4. The number of likely N-dealkylation sites (N-methyl/N-ethyl adjacent to an activating group) is 1. The van der Waals surface area contributed by atoms with Gasteiger partial charge in [-0.25, -0.2) is 4.39 Å². The van der Waals surface area contributed by atoms with E-state index in [2.05, 4.69) is 5.32 Å². The standard InChI is InChI=1S/C22H24FN3O4/c1-4-22(13-15-8-10-16(23)11-9-15)21(28)25(3)19(20(27)24-22)12-17-14(2)6-5-7-18(17)26(29)30/h5-11,19H,4,12-13H2,1-3H3,(H,24,27). The van der Waals surface area contributed by atoms with Crippen molar-refractivity contribution in [2.45, 2.75) is 44.7 Å². The van der Waals surface area contributed by atoms with Crippen molar-refractivity contribution in [1.29, 1.82) is 0 Å². The van der Waals surface area contributed by atoms with Crippen LogP contribution >= 0.6 is 0 Å². The summed E-state index contributed by atoms with van der Waals surface area (Å²) in [5.74, 6) is -1.01. The maximum Gasteiger partial charge on any atom is 0.272 e. The molecule has 0 radical (unpaired) electrons. The highest BCUT2D eigenvalue weighted by atomic mass is 19.1. The Balaban J connectivity index is 1.89. The number of nitro groups is 1. The minimum atomic E-state index is -1.14. The summed E-state index contributed by atoms with van der Waals surface area (Å²) in [5.41, 5.74) is 0.648. The van der Waals surface area contributed by atoms with E-state index >= 15 is 0 Å². The Morgan fingerprint density at radius 1 is 1.20 bits per heavy atom. The van der Waals surface area contributed by atoms with Crippen LogP contribution in [0.4, 0.5) is 10.1 Å². The number of carbonyl (C=O) groups excluding carboxylic acids is 2. The fourth-order valence-electron chi connectivity index (χ4n) is 4.01. The number of rotatable bonds is 6. The minimum Gasteiger partial charge on any atom is -0.340 e. The lowest BCUT2D eigenvalue weighted by Gasteiger charge is -2.44. The summed E-state index contributed by atoms with van der Waals surface area (Å²) < 4.78 is 13.2. The Morgan fingerprint density at radius 3 is 2.47 bits per heavy atom. The molecular weight excluding hydrogens is 389 g/mol. The van der Waals surface area contributed by atoms with Crippen molar-refractivity contribution in [2.24, 2.45) is 0 Å². The molecule has 158 valence electrons. The van der Waals surface area contributed by atoms with E-state index < -0.39 is 16.5 Å². The predicted octanol–water partition coefficient (Wildman–Crippen LogP) is 2.93. The van der Waals surface area contributed by atoms with Crippen LogP contribution in [-0.2, 0) is 22.4 Å². The normalized spacial score (nSPS) is 21.5. The second-order valence-electron chi connectivity index (χ2n) is 7.69. The van der Waals surface area contributed by atoms with Crippen molar-refractivity contribution < 1.29 is 18.9 Å². The third-order valence-electron chi connectivity index (χ3n) is 5.86. The van der Waals surface area contributed by atoms with Gasteiger partial charge in [0.1, 0.15) is 17.4 Å². The smallest absolute Gasteiger partial charge is 0.272 e. The van der Waals surface area contributed by atoms with Crippen molar-refractivity contribution in [3.8, 4) is 0 Å². The molecule has 2 amide bonds. The number of carbonyl (C=O) groups is 2. The highest BCUT2D eigenvalue weighted by Crippen LogP contribution is 2.29. The molecule has 2 aromatic rings. The number of benzene rings is 2. The number of aryl methyl sites for hydroxylation is 1. The summed E-state index contributed by atoms with van der Waals surface area (Å²) >= 11 is 0. The molecule has 0 bridgehead atoms. The molecule has 2 atom stereocenters. The summed E-state index contributed by atoms with van der Waals surface area (Å²) in [6.45, 7) is 3.55. The number of hydrogen-bond acceptors (Lipinski definition) is 4. The topological polar surface area (TPSA) is 92.5 Å². The van der Waals surface area contributed by atoms with Gasteiger partial charge in [-0.05, 0) is 36.6 Å². The Morgan fingerprint density at radius 2 is 1.87 bits per heavy atom. The van der Waals surface area contributed by atoms with Crippen LogP contribution in [0.1, 0.15) is 30.0 Å². The number of nitrogens with one attached hydrogen (secondary N) is 1. The second-order valence-corrected chi connectivity index (χ2v) is 7.69. The Bertz CT molecular complexity index is 992. The highest BCUT2D eigenvalue weighted by molar-refractivity contribution is 6.00. The number of hydrogen-bond donors (Lipinski definition) is 1. The van der Waals surface area contributed by atoms with Crippen molar-refractivity contribution in [3.05, 3.63) is 75.1 Å². The molecule has 1 fully saturated rings. The van der Waals surface area contributed by atoms with Gasteiger partial charge in [-0.2, -0.15) is 0 Å². The van der Waals surface area contributed by atoms with Crippen LogP contribution in [0.5, 0.6) is 0 Å². The van der Waals surface area contributed by atoms with E-state index in [1.807, 2.05) is 6.92 Å². The average molecular weight is 413 g/mol. The van der Waals surface area contributed by atoms with Gasteiger partial charge < -0.3 is 10.2 Å². The SMILES string of the molecule is CCC1(Cc2ccc(F)cc2)NC(=O)C(Cc2c(C)cccc2[N+](=O)[O-])N(C)C1=O. The van der Waals surface area contributed by atoms with Gasteiger partial charge in [0.15, 0.2) is 0 Å². The molecule has 0 spiro atoms. The summed E-state index contributed by atoms with van der Waals surface area (Å²) in [5, 5.41) is 14.3. The Kier molecular flexibility index (Phi) is 5.87. The molecule has 2 unspecified atom stereocenters. The van der Waals surface area contributed by atoms with E-state index in [0.29, 0.717) is 17.5 Å². The maximum atomic E-state index is 13.3. The number of piperazine rings is 1. The van der Waals surface area contributed by atoms with Crippen LogP contribution in [0.15, 0.2) is 42.5 Å². The van der Waals surface area contributed by atoms with Crippen molar-refractivity contribution >= 4 is 17.5 Å². The van der Waals surface area contributed by atoms with Gasteiger partial charge in [0.05, 0.1) is 4.92 Å². The molecule has 0 aromatic heterocycles. The van der Waals surface area contributed by atoms with Gasteiger partial charge in [-0.15, -0.1) is 0 Å². The monoisotopic (exact) mass is 413 g/mol. The first-order valence-electron chi connectivity index (χ1n) is 9.75. The maximum absolute atomic E-state index is 13.3. The van der Waals surface area contributed by atoms with Gasteiger partial charge in [0, 0.05) is 31.5 Å². The van der Waals surface area contributed by atoms with E-state index in [-0.39, 0.29) is 36.2 Å². The molecule has 1 aliphatic rings. The fourth-order valence-corrected chi connectivity index (χ4v) is 4.01. The van der Waals surface area contributed by atoms with Crippen LogP contribution in [0.3, 0.4) is 0 Å². The molecule has 0 saturated carbocycles. The molecule has 3 rings (SSSR count). The first-order valence-corrected chi connectivity index (χ1v) is 9.75. The first kappa shape index (κ1) is 21.4. The molecule has 1 aliphatic heterocycles. The van der Waals surface area contributed by atoms with E-state index in [1.165, 1.54) is 23.1 Å². The quantitative estimate of drug-likeness (QED) is 0.582. The molecule has 1 N–H and O–H groups in total. The zero-order chi connectivity index (χ0) is 22.1. The van der Waals surface area contributed by atoms with Crippen LogP contribution in [0, 0.1) is 22.9 Å². The molecule has 0 aliphatic carbocycles. The van der Waals surface area contributed by atoms with E-state index in [0.717, 1.165) is 5.56 Å². The summed E-state index contributed by atoms with van der Waals surface area (Å²) in [6, 6.07) is 9.70. The number of nitrogens with zero attached hydrogens (tertiary/aromatic N) is 2. The number of halogens is 1. The third kappa shape index (κ3) is 3.90. The van der Waals surface area contributed by atoms with E-state index in [4.69, 9.17) is 0 Å². The minimum absolute atomic E-state index is 0.0490. The number of amides is 2. The lowest BCUT2D eigenvalue weighted by molar-refractivity contribution is -0.385. The summed E-state index contributed by atoms with van der Waals surface area (Å²) in [4.78, 5) is 38.7. The molecule has 2 aromatic carbocycles. The Hall–Kier alpha value is -3.29. The van der Waals surface area contributed by atoms with Crippen molar-refractivity contribution in [1.82, 2.24) is 10.2 Å². The molecule has 7 nitrogen and oxygen atoms in total.